The lowest BCUT2D eigenvalue weighted by Crippen LogP contribution is -2.61. The zero-order chi connectivity index (χ0) is 27.3. The van der Waals surface area contributed by atoms with Gasteiger partial charge in [-0.3, -0.25) is 19.4 Å². The fourth-order valence-electron chi connectivity index (χ4n) is 3.76. The van der Waals surface area contributed by atoms with Crippen molar-refractivity contribution in [1.82, 2.24) is 14.3 Å². The summed E-state index contributed by atoms with van der Waals surface area (Å²) in [4.78, 5) is 50.3. The highest BCUT2D eigenvalue weighted by Crippen LogP contribution is 2.46. The van der Waals surface area contributed by atoms with Crippen molar-refractivity contribution in [3.8, 4) is 5.69 Å². The molecule has 16 heteroatoms. The van der Waals surface area contributed by atoms with Crippen molar-refractivity contribution in [2.24, 2.45) is 0 Å². The van der Waals surface area contributed by atoms with Crippen LogP contribution in [0.5, 0.6) is 0 Å². The maximum atomic E-state index is 14.6. The number of amides is 2. The third kappa shape index (κ3) is 4.41. The number of nitrogens with zero attached hydrogens (tertiary/aromatic N) is 1. The van der Waals surface area contributed by atoms with E-state index in [4.69, 9.17) is 11.6 Å². The van der Waals surface area contributed by atoms with E-state index < -0.39 is 61.1 Å². The second-order valence-corrected chi connectivity index (χ2v) is 9.93. The molecule has 2 amide bonds. The summed E-state index contributed by atoms with van der Waals surface area (Å²) in [5.41, 5.74) is -8.21. The number of aromatic amines is 1. The normalized spacial score (nSPS) is 17.3. The number of anilines is 2. The van der Waals surface area contributed by atoms with Crippen LogP contribution in [-0.2, 0) is 25.2 Å². The molecule has 4 rings (SSSR count). The van der Waals surface area contributed by atoms with E-state index in [1.165, 1.54) is 35.9 Å². The molecule has 194 valence electrons. The van der Waals surface area contributed by atoms with Gasteiger partial charge in [0.2, 0.25) is 21.5 Å². The summed E-state index contributed by atoms with van der Waals surface area (Å²) >= 11 is 5.81. The number of benzene rings is 2. The molecular weight excluding hydrogens is 543 g/mol. The van der Waals surface area contributed by atoms with Gasteiger partial charge in [-0.15, -0.1) is 0 Å². The first-order valence-corrected chi connectivity index (χ1v) is 12.0. The van der Waals surface area contributed by atoms with Crippen LogP contribution in [0, 0.1) is 0 Å². The number of H-pyrrole nitrogens is 1. The molecule has 0 saturated heterocycles. The molecule has 0 bridgehead atoms. The molecule has 1 aromatic heterocycles. The third-order valence-electron chi connectivity index (χ3n) is 5.34. The molecule has 2 aromatic carbocycles. The quantitative estimate of drug-likeness (QED) is 0.374. The van der Waals surface area contributed by atoms with E-state index in [2.05, 4.69) is 5.32 Å². The largest absolute Gasteiger partial charge is 0.421 e. The number of hydrogen-bond acceptors (Lipinski definition) is 6. The minimum absolute atomic E-state index is 0.0726. The molecule has 11 nitrogen and oxygen atoms in total. The van der Waals surface area contributed by atoms with Gasteiger partial charge in [-0.25, -0.2) is 17.8 Å². The number of halogens is 4. The van der Waals surface area contributed by atoms with Gasteiger partial charge in [-0.05, 0) is 48.5 Å². The number of fused-ring (bicyclic) bond motifs is 1. The predicted molar refractivity (Wildman–Crippen MR) is 125 cm³/mol. The van der Waals surface area contributed by atoms with Gasteiger partial charge in [0.15, 0.2) is 0 Å². The Hall–Kier alpha value is -3.95. The standard InChI is InChI=1S/C21H15ClF3N5O6S/c1-10(31)26-12-4-8-14(9-5-12)37(35,36)29-20(21(23,24)25)15-16(27-18(20)33)30(19(34)28-17(15)32)13-6-2-11(22)3-7-13/h2-9,29H,1H3,(H,26,31)(H,27,33)(H,28,32,34). The van der Waals surface area contributed by atoms with Crippen molar-refractivity contribution >= 4 is 44.9 Å². The number of carbonyl (C=O) groups is 2. The minimum atomic E-state index is -5.68. The molecule has 1 aliphatic rings. The van der Waals surface area contributed by atoms with E-state index in [0.29, 0.717) is 4.57 Å². The monoisotopic (exact) mass is 557 g/mol. The van der Waals surface area contributed by atoms with E-state index in [9.17, 15) is 40.8 Å². The zero-order valence-corrected chi connectivity index (χ0v) is 20.0. The first kappa shape index (κ1) is 26.1. The Morgan fingerprint density at radius 2 is 1.62 bits per heavy atom. The summed E-state index contributed by atoms with van der Waals surface area (Å²) in [6, 6.07) is 9.11. The second kappa shape index (κ2) is 8.86. The zero-order valence-electron chi connectivity index (χ0n) is 18.4. The molecule has 0 spiro atoms. The molecule has 1 aliphatic heterocycles. The fraction of sp³-hybridized carbons (Fsp3) is 0.143. The first-order chi connectivity index (χ1) is 17.2. The smallest absolute Gasteiger partial charge is 0.326 e. The maximum Gasteiger partial charge on any atom is 0.421 e. The highest BCUT2D eigenvalue weighted by molar-refractivity contribution is 7.89. The fourth-order valence-corrected chi connectivity index (χ4v) is 5.21. The van der Waals surface area contributed by atoms with E-state index in [1.54, 1.807) is 4.98 Å². The van der Waals surface area contributed by atoms with Gasteiger partial charge in [0.05, 0.1) is 16.1 Å². The molecule has 3 aromatic rings. The topological polar surface area (TPSA) is 159 Å². The number of hydrogen-bond donors (Lipinski definition) is 4. The SMILES string of the molecule is CC(=O)Nc1ccc(S(=O)(=O)NC2(C(F)(F)F)C(=O)Nc3c2c(=O)[nH]c(=O)n3-c2ccc(Cl)cc2)cc1. The molecule has 1 unspecified atom stereocenters. The van der Waals surface area contributed by atoms with Gasteiger partial charge >= 0.3 is 11.9 Å². The van der Waals surface area contributed by atoms with Crippen molar-refractivity contribution < 1.29 is 31.2 Å². The molecule has 2 heterocycles. The Balaban J connectivity index is 1.92. The van der Waals surface area contributed by atoms with Crippen LogP contribution in [0.15, 0.2) is 63.0 Å². The van der Waals surface area contributed by atoms with E-state index in [1.807, 2.05) is 5.32 Å². The van der Waals surface area contributed by atoms with Crippen LogP contribution in [0.1, 0.15) is 12.5 Å². The van der Waals surface area contributed by atoms with Crippen LogP contribution in [0.2, 0.25) is 5.02 Å². The van der Waals surface area contributed by atoms with Crippen molar-refractivity contribution in [2.75, 3.05) is 10.6 Å². The predicted octanol–water partition coefficient (Wildman–Crippen LogP) is 1.83. The second-order valence-electron chi connectivity index (χ2n) is 7.81. The number of sulfonamides is 1. The first-order valence-electron chi connectivity index (χ1n) is 10.1. The Morgan fingerprint density at radius 1 is 1.03 bits per heavy atom. The Bertz CT molecular complexity index is 1650. The average molecular weight is 558 g/mol. The molecule has 0 radical (unpaired) electrons. The molecular formula is C21H15ClF3N5O6S. The van der Waals surface area contributed by atoms with E-state index >= 15 is 0 Å². The lowest BCUT2D eigenvalue weighted by atomic mass is 9.93. The molecule has 1 atom stereocenters. The van der Waals surface area contributed by atoms with Crippen molar-refractivity contribution in [2.45, 2.75) is 23.5 Å². The van der Waals surface area contributed by atoms with Crippen LogP contribution >= 0.6 is 11.6 Å². The van der Waals surface area contributed by atoms with E-state index in [0.717, 1.165) is 24.3 Å². The van der Waals surface area contributed by atoms with Gasteiger partial charge < -0.3 is 10.6 Å². The Morgan fingerprint density at radius 3 is 2.16 bits per heavy atom. The minimum Gasteiger partial charge on any atom is -0.326 e. The van der Waals surface area contributed by atoms with Crippen LogP contribution in [0.4, 0.5) is 24.7 Å². The van der Waals surface area contributed by atoms with E-state index in [-0.39, 0.29) is 16.4 Å². The van der Waals surface area contributed by atoms with Gasteiger partial charge in [-0.2, -0.15) is 17.9 Å². The van der Waals surface area contributed by atoms with Gasteiger partial charge in [0.1, 0.15) is 5.82 Å². The number of carbonyl (C=O) groups excluding carboxylic acids is 2. The van der Waals surface area contributed by atoms with Crippen LogP contribution in [-0.4, -0.2) is 36.0 Å². The van der Waals surface area contributed by atoms with Crippen molar-refractivity contribution in [3.05, 3.63) is 80.0 Å². The highest BCUT2D eigenvalue weighted by Gasteiger charge is 2.69. The van der Waals surface area contributed by atoms with Gasteiger partial charge in [-0.1, -0.05) is 11.6 Å². The molecule has 4 N–H and O–H groups in total. The van der Waals surface area contributed by atoms with Crippen molar-refractivity contribution in [1.29, 1.82) is 0 Å². The maximum absolute atomic E-state index is 14.6. The summed E-state index contributed by atoms with van der Waals surface area (Å²) in [5.74, 6) is -3.30. The number of nitrogens with one attached hydrogen (secondary N) is 4. The number of rotatable bonds is 5. The van der Waals surface area contributed by atoms with Crippen molar-refractivity contribution in [3.63, 3.8) is 0 Å². The summed E-state index contributed by atoms with van der Waals surface area (Å²) in [6.45, 7) is 1.19. The Labute approximate surface area is 210 Å². The van der Waals surface area contributed by atoms with Gasteiger partial charge in [0.25, 0.3) is 11.5 Å². The van der Waals surface area contributed by atoms with Gasteiger partial charge in [0, 0.05) is 17.6 Å². The molecule has 0 fully saturated rings. The summed E-state index contributed by atoms with van der Waals surface area (Å²) in [5, 5.41) is 4.43. The number of aromatic nitrogens is 2. The van der Waals surface area contributed by atoms with Crippen LogP contribution in [0.25, 0.3) is 5.69 Å². The molecule has 0 saturated carbocycles. The Kier molecular flexibility index (Phi) is 6.26. The third-order valence-corrected chi connectivity index (χ3v) is 7.06. The average Bonchev–Trinajstić information content (AvgIpc) is 3.07. The lowest BCUT2D eigenvalue weighted by molar-refractivity contribution is -0.194. The highest BCUT2D eigenvalue weighted by atomic mass is 35.5. The summed E-state index contributed by atoms with van der Waals surface area (Å²) in [6.07, 6.45) is -5.68. The molecule has 0 aliphatic carbocycles. The molecule has 37 heavy (non-hydrogen) atoms. The number of alkyl halides is 3. The van der Waals surface area contributed by atoms with Crippen LogP contribution in [0.3, 0.4) is 0 Å². The van der Waals surface area contributed by atoms with Crippen LogP contribution < -0.4 is 26.6 Å². The lowest BCUT2D eigenvalue weighted by Gasteiger charge is -2.29. The summed E-state index contributed by atoms with van der Waals surface area (Å²) in [7, 11) is -5.12. The summed E-state index contributed by atoms with van der Waals surface area (Å²) < 4.78 is 71.7.